The maximum absolute atomic E-state index is 12.6. The second kappa shape index (κ2) is 37.8. The predicted octanol–water partition coefficient (Wildman–Crippen LogP) is 10.6. The minimum Gasteiger partial charge on any atom is -0.462 e. The third-order valence-corrected chi connectivity index (χ3v) is 9.93. The molecule has 0 aromatic rings. The molecule has 4 N–H and O–H groups in total. The first-order chi connectivity index (χ1) is 25.2. The Morgan fingerprint density at radius 1 is 0.654 bits per heavy atom. The number of esters is 2. The smallest absolute Gasteiger partial charge is 0.462 e. The van der Waals surface area contributed by atoms with Crippen LogP contribution in [0.1, 0.15) is 187 Å². The van der Waals surface area contributed by atoms with Crippen molar-refractivity contribution in [1.29, 1.82) is 0 Å². The molecule has 0 aromatic carbocycles. The summed E-state index contributed by atoms with van der Waals surface area (Å²) in [6.07, 6.45) is 35.1. The molecule has 0 fully saturated rings. The number of allylic oxidation sites excluding steroid dienone is 3. The van der Waals surface area contributed by atoms with Gasteiger partial charge in [0.15, 0.2) is 6.10 Å². The van der Waals surface area contributed by atoms with E-state index in [4.69, 9.17) is 24.3 Å². The van der Waals surface area contributed by atoms with Crippen molar-refractivity contribution in [2.24, 2.45) is 5.73 Å². The average molecular weight is 760 g/mol. The van der Waals surface area contributed by atoms with Crippen LogP contribution in [0.25, 0.3) is 0 Å². The number of rotatable bonds is 39. The van der Waals surface area contributed by atoms with E-state index >= 15 is 0 Å². The van der Waals surface area contributed by atoms with E-state index < -0.39 is 38.6 Å². The minimum atomic E-state index is -4.40. The van der Waals surface area contributed by atoms with Gasteiger partial charge in [-0.3, -0.25) is 18.6 Å². The number of carbonyl (C=O) groups excluding carboxylic acids is 2. The van der Waals surface area contributed by atoms with Gasteiger partial charge >= 0.3 is 19.8 Å². The monoisotopic (exact) mass is 760 g/mol. The van der Waals surface area contributed by atoms with Crippen LogP contribution in [0.3, 0.4) is 0 Å². The van der Waals surface area contributed by atoms with Gasteiger partial charge in [-0.25, -0.2) is 4.57 Å². The molecule has 0 saturated heterocycles. The summed E-state index contributed by atoms with van der Waals surface area (Å²) in [5, 5.41) is 10.1. The number of hydrogen-bond acceptors (Lipinski definition) is 9. The molecule has 10 nitrogen and oxygen atoms in total. The average Bonchev–Trinajstić information content (AvgIpc) is 3.12. The van der Waals surface area contributed by atoms with E-state index in [1.54, 1.807) is 0 Å². The first kappa shape index (κ1) is 50.5. The van der Waals surface area contributed by atoms with Gasteiger partial charge in [-0.15, -0.1) is 0 Å². The number of nitrogens with two attached hydrogens (primary N) is 1. The fraction of sp³-hybridized carbons (Fsp3) is 0.854. The molecular weight excluding hydrogens is 681 g/mol. The van der Waals surface area contributed by atoms with Crippen LogP contribution in [0.15, 0.2) is 24.3 Å². The highest BCUT2D eigenvalue weighted by atomic mass is 31.2. The Labute approximate surface area is 317 Å². The van der Waals surface area contributed by atoms with Crippen LogP contribution in [-0.4, -0.2) is 60.5 Å². The number of phosphoric ester groups is 1. The maximum Gasteiger partial charge on any atom is 0.472 e. The van der Waals surface area contributed by atoms with Gasteiger partial charge in [0, 0.05) is 19.4 Å². The zero-order valence-electron chi connectivity index (χ0n) is 33.2. The lowest BCUT2D eigenvalue weighted by Crippen LogP contribution is -2.29. The fourth-order valence-electron chi connectivity index (χ4n) is 5.77. The highest BCUT2D eigenvalue weighted by molar-refractivity contribution is 7.47. The fourth-order valence-corrected chi connectivity index (χ4v) is 6.54. The van der Waals surface area contributed by atoms with E-state index in [1.165, 1.54) is 96.3 Å². The van der Waals surface area contributed by atoms with Gasteiger partial charge in [0.1, 0.15) is 6.61 Å². The Morgan fingerprint density at radius 3 is 1.71 bits per heavy atom. The Balaban J connectivity index is 4.24. The Hall–Kier alpha value is -1.55. The van der Waals surface area contributed by atoms with Crippen molar-refractivity contribution in [2.45, 2.75) is 199 Å². The van der Waals surface area contributed by atoms with Gasteiger partial charge in [0.2, 0.25) is 0 Å². The molecule has 306 valence electrons. The molecule has 0 amide bonds. The SMILES string of the molecule is CCCCCC=CC=CC(O)CCCCCCCC(=O)OC(COC(=O)CCCCCCCCCCCCCCCCC)COP(=O)(O)OCCN. The summed E-state index contributed by atoms with van der Waals surface area (Å²) in [6, 6.07) is 0. The number of ether oxygens (including phenoxy) is 2. The van der Waals surface area contributed by atoms with Crippen LogP contribution < -0.4 is 5.73 Å². The lowest BCUT2D eigenvalue weighted by molar-refractivity contribution is -0.161. The molecule has 0 aliphatic carbocycles. The normalized spacial score (nSPS) is 14.2. The highest BCUT2D eigenvalue weighted by Crippen LogP contribution is 2.43. The van der Waals surface area contributed by atoms with E-state index in [9.17, 15) is 24.2 Å². The number of phosphoric acid groups is 1. The van der Waals surface area contributed by atoms with Crippen molar-refractivity contribution in [3.05, 3.63) is 24.3 Å². The van der Waals surface area contributed by atoms with Crippen molar-refractivity contribution in [1.82, 2.24) is 0 Å². The molecule has 0 saturated carbocycles. The zero-order chi connectivity index (χ0) is 38.4. The van der Waals surface area contributed by atoms with E-state index in [0.29, 0.717) is 12.8 Å². The van der Waals surface area contributed by atoms with Crippen LogP contribution in [-0.2, 0) is 32.7 Å². The molecule has 52 heavy (non-hydrogen) atoms. The summed E-state index contributed by atoms with van der Waals surface area (Å²) >= 11 is 0. The first-order valence-corrected chi connectivity index (χ1v) is 22.4. The van der Waals surface area contributed by atoms with E-state index in [2.05, 4.69) is 19.9 Å². The summed E-state index contributed by atoms with van der Waals surface area (Å²) in [5.74, 6) is -0.896. The molecular formula is C41H78NO9P. The Kier molecular flexibility index (Phi) is 36.6. The highest BCUT2D eigenvalue weighted by Gasteiger charge is 2.26. The first-order valence-electron chi connectivity index (χ1n) is 20.9. The minimum absolute atomic E-state index is 0.0394. The number of carbonyl (C=O) groups is 2. The summed E-state index contributed by atoms with van der Waals surface area (Å²) in [4.78, 5) is 34.8. The van der Waals surface area contributed by atoms with Crippen LogP contribution in [0, 0.1) is 0 Å². The molecule has 0 heterocycles. The molecule has 0 rings (SSSR count). The summed E-state index contributed by atoms with van der Waals surface area (Å²) in [5.41, 5.74) is 5.33. The molecule has 0 bridgehead atoms. The van der Waals surface area contributed by atoms with E-state index in [1.807, 2.05) is 18.2 Å². The van der Waals surface area contributed by atoms with Crippen LogP contribution in [0.4, 0.5) is 0 Å². The summed E-state index contributed by atoms with van der Waals surface area (Å²) < 4.78 is 32.7. The lowest BCUT2D eigenvalue weighted by Gasteiger charge is -2.19. The molecule has 3 unspecified atom stereocenters. The molecule has 0 aliphatic rings. The van der Waals surface area contributed by atoms with Gasteiger partial charge in [-0.05, 0) is 32.1 Å². The maximum atomic E-state index is 12.6. The van der Waals surface area contributed by atoms with Crippen LogP contribution in [0.5, 0.6) is 0 Å². The third kappa shape index (κ3) is 36.8. The molecule has 11 heteroatoms. The standard InChI is InChI=1S/C41H78NO9P/c1-3-5-7-9-11-12-13-14-15-16-17-18-20-24-28-32-40(44)48-36-39(37-50-52(46,47)49-35-34-42)51-41(45)33-29-25-21-23-27-31-38(43)30-26-22-19-10-8-6-4-2/h19,22,26,30,38-39,43H,3-18,20-21,23-25,27-29,31-37,42H2,1-2H3,(H,46,47). The third-order valence-electron chi connectivity index (χ3n) is 8.94. The van der Waals surface area contributed by atoms with Gasteiger partial charge in [0.25, 0.3) is 0 Å². The largest absolute Gasteiger partial charge is 0.472 e. The molecule has 0 aliphatic heterocycles. The molecule has 0 spiro atoms. The van der Waals surface area contributed by atoms with Gasteiger partial charge in [-0.2, -0.15) is 0 Å². The summed E-state index contributed by atoms with van der Waals surface area (Å²) in [7, 11) is -4.40. The number of aliphatic hydroxyl groups excluding tert-OH is 1. The van der Waals surface area contributed by atoms with Crippen molar-refractivity contribution < 1.29 is 42.7 Å². The Morgan fingerprint density at radius 2 is 1.15 bits per heavy atom. The molecule has 0 aromatic heterocycles. The molecule has 0 radical (unpaired) electrons. The van der Waals surface area contributed by atoms with Crippen molar-refractivity contribution in [3.63, 3.8) is 0 Å². The second-order valence-electron chi connectivity index (χ2n) is 14.1. The summed E-state index contributed by atoms with van der Waals surface area (Å²) in [6.45, 7) is 3.59. The van der Waals surface area contributed by atoms with Crippen LogP contribution >= 0.6 is 7.82 Å². The number of aliphatic hydroxyl groups is 1. The second-order valence-corrected chi connectivity index (χ2v) is 15.5. The van der Waals surface area contributed by atoms with Crippen LogP contribution in [0.2, 0.25) is 0 Å². The van der Waals surface area contributed by atoms with Crippen molar-refractivity contribution in [2.75, 3.05) is 26.4 Å². The van der Waals surface area contributed by atoms with Gasteiger partial charge < -0.3 is 25.2 Å². The van der Waals surface area contributed by atoms with Crippen molar-refractivity contribution >= 4 is 19.8 Å². The van der Waals surface area contributed by atoms with Gasteiger partial charge in [-0.1, -0.05) is 167 Å². The van der Waals surface area contributed by atoms with Crippen molar-refractivity contribution in [3.8, 4) is 0 Å². The zero-order valence-corrected chi connectivity index (χ0v) is 34.1. The predicted molar refractivity (Wildman–Crippen MR) is 212 cm³/mol. The lowest BCUT2D eigenvalue weighted by atomic mass is 10.0. The quantitative estimate of drug-likeness (QED) is 0.0239. The molecule has 3 atom stereocenters. The number of hydrogen-bond donors (Lipinski definition) is 3. The van der Waals surface area contributed by atoms with E-state index in [-0.39, 0.29) is 32.6 Å². The number of unbranched alkanes of at least 4 members (excludes halogenated alkanes) is 21. The van der Waals surface area contributed by atoms with E-state index in [0.717, 1.165) is 51.4 Å². The Bertz CT molecular complexity index is 930. The van der Waals surface area contributed by atoms with Gasteiger partial charge in [0.05, 0.1) is 19.3 Å². The topological polar surface area (TPSA) is 155 Å².